The van der Waals surface area contributed by atoms with E-state index in [0.717, 1.165) is 26.0 Å². The molecule has 0 saturated carbocycles. The molecule has 0 aliphatic carbocycles. The molecule has 0 amide bonds. The minimum Gasteiger partial charge on any atom is -0.508 e. The predicted octanol–water partition coefficient (Wildman–Crippen LogP) is -2.79. The Labute approximate surface area is 471 Å². The first-order chi connectivity index (χ1) is 39.6. The number of carbonyl (C=O) groups excluding carboxylic acids is 5. The van der Waals surface area contributed by atoms with E-state index in [1.807, 2.05) is 0 Å². The van der Waals surface area contributed by atoms with Gasteiger partial charge in [0, 0.05) is 26.0 Å². The largest absolute Gasteiger partial charge is 0.508 e. The molecule has 4 aliphatic heterocycles. The molecule has 29 heteroatoms. The average molecular weight is 1180 g/mol. The number of carbonyl (C=O) groups is 5. The van der Waals surface area contributed by atoms with E-state index in [0.29, 0.717) is 5.56 Å². The van der Waals surface area contributed by atoms with Crippen molar-refractivity contribution in [3.63, 3.8) is 0 Å². The second-order valence-electron chi connectivity index (χ2n) is 19.2. The summed E-state index contributed by atoms with van der Waals surface area (Å²) in [6.45, 7) is -3.04. The predicted molar refractivity (Wildman–Crippen MR) is 271 cm³/mol. The Kier molecular flexibility index (Phi) is 22.1. The molecule has 4 saturated heterocycles. The van der Waals surface area contributed by atoms with Crippen LogP contribution in [-0.2, 0) is 76.0 Å². The molecule has 3 aromatic rings. The molecule has 3 aromatic carbocycles. The molecule has 0 spiro atoms. The fraction of sp³-hybridized carbons (Fsp3) is 0.500. The number of phenols is 2. The zero-order chi connectivity index (χ0) is 60.3. The molecule has 7 rings (SSSR count). The zero-order valence-electron chi connectivity index (χ0n) is 44.4. The highest BCUT2D eigenvalue weighted by Crippen LogP contribution is 2.42. The number of ether oxygens (including phenoxy) is 13. The zero-order valence-corrected chi connectivity index (χ0v) is 44.4. The molecule has 29 nitrogen and oxygen atoms in total. The van der Waals surface area contributed by atoms with Crippen LogP contribution in [0.3, 0.4) is 0 Å². The van der Waals surface area contributed by atoms with Gasteiger partial charge in [0.1, 0.15) is 105 Å². The van der Waals surface area contributed by atoms with Gasteiger partial charge in [-0.05, 0) is 59.7 Å². The smallest absolute Gasteiger partial charge is 0.338 e. The average Bonchev–Trinajstić information content (AvgIpc) is 3.52. The first kappa shape index (κ1) is 63.8. The summed E-state index contributed by atoms with van der Waals surface area (Å²) in [5, 5.41) is 120. The Bertz CT molecular complexity index is 2720. The van der Waals surface area contributed by atoms with Gasteiger partial charge in [-0.25, -0.2) is 14.4 Å². The van der Waals surface area contributed by atoms with Crippen molar-refractivity contribution in [1.29, 1.82) is 0 Å². The number of aliphatic hydroxyl groups is 9. The van der Waals surface area contributed by atoms with Gasteiger partial charge in [-0.1, -0.05) is 36.4 Å². The van der Waals surface area contributed by atoms with Crippen LogP contribution in [0, 0.1) is 0 Å². The number of esters is 5. The highest BCUT2D eigenvalue weighted by Gasteiger charge is 2.64. The van der Waals surface area contributed by atoms with Crippen molar-refractivity contribution in [2.24, 2.45) is 0 Å². The summed E-state index contributed by atoms with van der Waals surface area (Å²) in [5.74, 6) is -8.71. The standard InChI is InChI=1S/C54H64O29/c1-25(57)72-22-35-40(64)43(67)45(69)52(76-35)79-47-46(78-38(62)18-13-28-11-16-31(60)32(19-28)71-3)36(23-73-26(2)58)77-53(48(47)80-51-44(68)42(66)39(63)33(20-55)75-51)83-54(24-74-37(61)17-12-27-9-14-30(59)15-10-27)49(41(65)34(21-56)82-54)81-50(70)29-7-5-4-6-8-29/h4-19,33-36,39-49,51-53,55-56,59-60,63-69H,20-24H2,1-3H3/b17-12+,18-13+/t33-,34-,35-,36-,39-,40-,41-,42+,43+,44-,45-,46-,47+,48-,49+,51+,52+,53-,54+/m1/s1. The topological polar surface area (TPSA) is 428 Å². The van der Waals surface area contributed by atoms with E-state index in [1.165, 1.54) is 86.0 Å². The first-order valence-electron chi connectivity index (χ1n) is 25.6. The molecule has 19 atom stereocenters. The van der Waals surface area contributed by atoms with E-state index in [2.05, 4.69) is 0 Å². The lowest BCUT2D eigenvalue weighted by atomic mass is 9.95. The maximum atomic E-state index is 14.2. The van der Waals surface area contributed by atoms with Crippen LogP contribution in [0.15, 0.2) is 84.9 Å². The van der Waals surface area contributed by atoms with Crippen LogP contribution in [0.25, 0.3) is 12.2 Å². The highest BCUT2D eigenvalue weighted by atomic mass is 16.8. The lowest BCUT2D eigenvalue weighted by Crippen LogP contribution is -2.69. The van der Waals surface area contributed by atoms with Gasteiger partial charge in [-0.2, -0.15) is 0 Å². The molecule has 11 N–H and O–H groups in total. The van der Waals surface area contributed by atoms with Crippen molar-refractivity contribution < 1.29 is 142 Å². The summed E-state index contributed by atoms with van der Waals surface area (Å²) >= 11 is 0. The summed E-state index contributed by atoms with van der Waals surface area (Å²) in [4.78, 5) is 66.3. The van der Waals surface area contributed by atoms with Crippen LogP contribution in [0.4, 0.5) is 0 Å². The minimum absolute atomic E-state index is 0.0000825. The number of aliphatic hydroxyl groups excluding tert-OH is 9. The lowest BCUT2D eigenvalue weighted by Gasteiger charge is -2.50. The maximum absolute atomic E-state index is 14.2. The first-order valence-corrected chi connectivity index (χ1v) is 25.6. The molecule has 4 fully saturated rings. The monoisotopic (exact) mass is 1180 g/mol. The number of benzene rings is 3. The minimum atomic E-state index is -2.93. The normalized spacial score (nSPS) is 33.5. The Morgan fingerprint density at radius 2 is 1.12 bits per heavy atom. The quantitative estimate of drug-likeness (QED) is 0.0275. The summed E-state index contributed by atoms with van der Waals surface area (Å²) in [6, 6.07) is 16.7. The van der Waals surface area contributed by atoms with Crippen molar-refractivity contribution in [1.82, 2.24) is 0 Å². The molecule has 83 heavy (non-hydrogen) atoms. The summed E-state index contributed by atoms with van der Waals surface area (Å²) in [6.07, 6.45) is -33.7. The van der Waals surface area contributed by atoms with Gasteiger partial charge in [-0.3, -0.25) is 9.59 Å². The van der Waals surface area contributed by atoms with Crippen molar-refractivity contribution in [2.45, 2.75) is 130 Å². The Morgan fingerprint density at radius 3 is 1.73 bits per heavy atom. The van der Waals surface area contributed by atoms with Gasteiger partial charge in [0.25, 0.3) is 0 Å². The van der Waals surface area contributed by atoms with E-state index >= 15 is 0 Å². The number of methoxy groups -OCH3 is 1. The molecule has 454 valence electrons. The van der Waals surface area contributed by atoms with Crippen LogP contribution < -0.4 is 4.74 Å². The summed E-state index contributed by atoms with van der Waals surface area (Å²) in [7, 11) is 1.27. The molecule has 0 aromatic heterocycles. The Balaban J connectivity index is 1.40. The van der Waals surface area contributed by atoms with Crippen molar-refractivity contribution in [2.75, 3.05) is 40.1 Å². The SMILES string of the molecule is COc1cc(/C=C/C(=O)O[C@H]2[C@H](O[C@@H]3O[C@H](COC(C)=O)[C@@H](O)[C@H](O)[C@H]3O)[C@@H](O[C@@H]3O[C@H](CO)[C@@H](O)[C@H](O)[C@H]3O)[C@@H](O[C@]3(COC(=O)/C=C/c4ccc(O)cc4)O[C@H](CO)[C@@H](O)[C@@H]3OC(=O)c3ccccc3)O[C@@H]2COC(C)=O)ccc1O. The van der Waals surface area contributed by atoms with Gasteiger partial charge in [0.15, 0.2) is 42.6 Å². The van der Waals surface area contributed by atoms with Crippen molar-refractivity contribution in [3.8, 4) is 17.2 Å². The fourth-order valence-corrected chi connectivity index (χ4v) is 9.06. The van der Waals surface area contributed by atoms with E-state index in [-0.39, 0.29) is 28.4 Å². The van der Waals surface area contributed by atoms with E-state index in [1.54, 1.807) is 6.07 Å². The third-order valence-corrected chi connectivity index (χ3v) is 13.4. The summed E-state index contributed by atoms with van der Waals surface area (Å²) in [5.41, 5.74) is 0.531. The van der Waals surface area contributed by atoms with Crippen molar-refractivity contribution >= 4 is 42.0 Å². The van der Waals surface area contributed by atoms with E-state index in [9.17, 15) is 80.1 Å². The van der Waals surface area contributed by atoms with Gasteiger partial charge < -0.3 is 118 Å². The molecular weight excluding hydrogens is 1110 g/mol. The van der Waals surface area contributed by atoms with Gasteiger partial charge in [-0.15, -0.1) is 0 Å². The van der Waals surface area contributed by atoms with Crippen molar-refractivity contribution in [3.05, 3.63) is 102 Å². The third kappa shape index (κ3) is 15.7. The maximum Gasteiger partial charge on any atom is 0.338 e. The van der Waals surface area contributed by atoms with E-state index < -0.39 is 179 Å². The number of rotatable bonds is 22. The second kappa shape index (κ2) is 28.7. The number of hydrogen-bond donors (Lipinski definition) is 11. The third-order valence-electron chi connectivity index (χ3n) is 13.4. The molecular formula is C54H64O29. The van der Waals surface area contributed by atoms with Crippen LogP contribution in [0.1, 0.15) is 35.3 Å². The molecule has 4 heterocycles. The van der Waals surface area contributed by atoms with Crippen LogP contribution in [-0.4, -0.2) is 242 Å². The van der Waals surface area contributed by atoms with Crippen LogP contribution in [0.2, 0.25) is 0 Å². The van der Waals surface area contributed by atoms with Gasteiger partial charge in [0.05, 0.1) is 25.9 Å². The van der Waals surface area contributed by atoms with Gasteiger partial charge >= 0.3 is 29.8 Å². The van der Waals surface area contributed by atoms with Crippen LogP contribution in [0.5, 0.6) is 17.2 Å². The Hall–Kier alpha value is -6.75. The molecule has 0 radical (unpaired) electrons. The fourth-order valence-electron chi connectivity index (χ4n) is 9.06. The second-order valence-corrected chi connectivity index (χ2v) is 19.2. The highest BCUT2D eigenvalue weighted by molar-refractivity contribution is 5.90. The molecule has 0 bridgehead atoms. The van der Waals surface area contributed by atoms with Gasteiger partial charge in [0.2, 0.25) is 5.79 Å². The summed E-state index contributed by atoms with van der Waals surface area (Å²) < 4.78 is 76.5. The number of phenolic OH excluding ortho intramolecular Hbond substituents is 2. The Morgan fingerprint density at radius 1 is 0.566 bits per heavy atom. The number of hydrogen-bond acceptors (Lipinski definition) is 29. The molecule has 0 unspecified atom stereocenters. The molecule has 4 aliphatic rings. The number of aromatic hydroxyl groups is 2. The van der Waals surface area contributed by atoms with Crippen LogP contribution >= 0.6 is 0 Å². The lowest BCUT2D eigenvalue weighted by molar-refractivity contribution is -0.421. The van der Waals surface area contributed by atoms with E-state index in [4.69, 9.17) is 61.6 Å².